The van der Waals surface area contributed by atoms with Gasteiger partial charge in [-0.15, -0.1) is 0 Å². The van der Waals surface area contributed by atoms with Gasteiger partial charge in [-0.05, 0) is 23.8 Å². The quantitative estimate of drug-likeness (QED) is 0.900. The lowest BCUT2D eigenvalue weighted by atomic mass is 10.3. The maximum Gasteiger partial charge on any atom is 0.232 e. The highest BCUT2D eigenvalue weighted by molar-refractivity contribution is 6.31. The molecular weight excluding hydrogens is 252 g/mol. The Hall–Kier alpha value is -1.65. The topological polar surface area (TPSA) is 55.2 Å². The Labute approximate surface area is 110 Å². The molecule has 94 valence electrons. The first kappa shape index (κ1) is 12.8. The zero-order valence-corrected chi connectivity index (χ0v) is 10.5. The van der Waals surface area contributed by atoms with Crippen molar-refractivity contribution in [2.75, 3.05) is 6.61 Å². The summed E-state index contributed by atoms with van der Waals surface area (Å²) < 4.78 is 5.48. The summed E-state index contributed by atoms with van der Waals surface area (Å²) in [5.41, 5.74) is 1.62. The number of aliphatic hydroxyl groups excluding tert-OH is 1. The largest absolute Gasteiger partial charge is 0.476 e. The Kier molecular flexibility index (Phi) is 4.50. The molecule has 0 amide bonds. The molecule has 0 aliphatic rings. The molecule has 0 radical (unpaired) electrons. The van der Waals surface area contributed by atoms with Gasteiger partial charge in [0, 0.05) is 24.5 Å². The van der Waals surface area contributed by atoms with Gasteiger partial charge in [0.05, 0.1) is 13.2 Å². The highest BCUT2D eigenvalue weighted by Crippen LogP contribution is 2.22. The van der Waals surface area contributed by atoms with Crippen LogP contribution in [0, 0.1) is 0 Å². The molecule has 2 aromatic rings. The fourth-order valence-electron chi connectivity index (χ4n) is 1.46. The third-order valence-electron chi connectivity index (χ3n) is 2.37. The summed E-state index contributed by atoms with van der Waals surface area (Å²) in [6.45, 7) is 0.378. The first-order valence-corrected chi connectivity index (χ1v) is 5.95. The summed E-state index contributed by atoms with van der Waals surface area (Å²) in [5, 5.41) is 9.34. The Morgan fingerprint density at radius 2 is 2.17 bits per heavy atom. The van der Waals surface area contributed by atoms with Crippen molar-refractivity contribution in [1.29, 1.82) is 0 Å². The van der Waals surface area contributed by atoms with Gasteiger partial charge < -0.3 is 9.84 Å². The molecule has 0 unspecified atom stereocenters. The second kappa shape index (κ2) is 6.33. The SMILES string of the molecule is OCc1cnc(OCCc2ccccn2)c(Cl)c1. The van der Waals surface area contributed by atoms with Crippen LogP contribution in [0.1, 0.15) is 11.3 Å². The normalized spacial score (nSPS) is 10.3. The summed E-state index contributed by atoms with van der Waals surface area (Å²) in [6, 6.07) is 7.39. The van der Waals surface area contributed by atoms with Crippen LogP contribution in [0.5, 0.6) is 5.88 Å². The molecule has 2 rings (SSSR count). The van der Waals surface area contributed by atoms with E-state index < -0.39 is 0 Å². The number of ether oxygens (including phenoxy) is 1. The number of rotatable bonds is 5. The van der Waals surface area contributed by atoms with Crippen molar-refractivity contribution in [2.45, 2.75) is 13.0 Å². The van der Waals surface area contributed by atoms with Gasteiger partial charge in [0.15, 0.2) is 0 Å². The Morgan fingerprint density at radius 3 is 2.83 bits per heavy atom. The molecule has 2 heterocycles. The standard InChI is InChI=1S/C13H13ClN2O2/c14-12-7-10(9-17)8-16-13(12)18-6-4-11-3-1-2-5-15-11/h1-3,5,7-8,17H,4,6,9H2. The van der Waals surface area contributed by atoms with Crippen molar-refractivity contribution in [3.63, 3.8) is 0 Å². The minimum absolute atomic E-state index is 0.0824. The Morgan fingerprint density at radius 1 is 1.28 bits per heavy atom. The predicted octanol–water partition coefficient (Wildman–Crippen LogP) is 2.24. The van der Waals surface area contributed by atoms with Crippen molar-refractivity contribution >= 4 is 11.6 Å². The van der Waals surface area contributed by atoms with E-state index in [0.717, 1.165) is 5.69 Å². The molecular formula is C13H13ClN2O2. The molecule has 0 bridgehead atoms. The van der Waals surface area contributed by atoms with Crippen LogP contribution in [0.2, 0.25) is 5.02 Å². The molecule has 0 fully saturated rings. The monoisotopic (exact) mass is 264 g/mol. The second-order valence-corrected chi connectivity index (χ2v) is 4.12. The van der Waals surface area contributed by atoms with E-state index in [1.165, 1.54) is 0 Å². The molecule has 0 atom stereocenters. The number of aromatic nitrogens is 2. The van der Waals surface area contributed by atoms with Crippen LogP contribution in [0.4, 0.5) is 0 Å². The van der Waals surface area contributed by atoms with Gasteiger partial charge >= 0.3 is 0 Å². The second-order valence-electron chi connectivity index (χ2n) is 3.71. The first-order valence-electron chi connectivity index (χ1n) is 5.57. The lowest BCUT2D eigenvalue weighted by Gasteiger charge is -2.07. The van der Waals surface area contributed by atoms with E-state index >= 15 is 0 Å². The minimum Gasteiger partial charge on any atom is -0.476 e. The van der Waals surface area contributed by atoms with E-state index in [2.05, 4.69) is 9.97 Å². The van der Waals surface area contributed by atoms with E-state index in [0.29, 0.717) is 29.5 Å². The van der Waals surface area contributed by atoms with Crippen molar-refractivity contribution in [3.8, 4) is 5.88 Å². The number of nitrogens with zero attached hydrogens (tertiary/aromatic N) is 2. The average molecular weight is 265 g/mol. The lowest BCUT2D eigenvalue weighted by Crippen LogP contribution is -2.04. The van der Waals surface area contributed by atoms with E-state index in [-0.39, 0.29) is 6.61 Å². The molecule has 0 aliphatic carbocycles. The van der Waals surface area contributed by atoms with Gasteiger partial charge in [-0.1, -0.05) is 17.7 Å². The van der Waals surface area contributed by atoms with Crippen LogP contribution in [-0.2, 0) is 13.0 Å². The molecule has 0 saturated heterocycles. The molecule has 0 aromatic carbocycles. The van der Waals surface area contributed by atoms with Crippen LogP contribution >= 0.6 is 11.6 Å². The fraction of sp³-hybridized carbons (Fsp3) is 0.231. The molecule has 1 N–H and O–H groups in total. The minimum atomic E-state index is -0.0824. The molecule has 0 spiro atoms. The molecule has 0 saturated carbocycles. The molecule has 4 nitrogen and oxygen atoms in total. The number of hydrogen-bond donors (Lipinski definition) is 1. The maximum absolute atomic E-state index is 8.93. The third kappa shape index (κ3) is 3.42. The third-order valence-corrected chi connectivity index (χ3v) is 2.64. The highest BCUT2D eigenvalue weighted by atomic mass is 35.5. The maximum atomic E-state index is 8.93. The van der Waals surface area contributed by atoms with Gasteiger partial charge in [-0.25, -0.2) is 4.98 Å². The van der Waals surface area contributed by atoms with E-state index in [1.54, 1.807) is 18.5 Å². The van der Waals surface area contributed by atoms with Crippen LogP contribution < -0.4 is 4.74 Å². The highest BCUT2D eigenvalue weighted by Gasteiger charge is 2.04. The van der Waals surface area contributed by atoms with Gasteiger partial charge in [-0.2, -0.15) is 0 Å². The number of halogens is 1. The van der Waals surface area contributed by atoms with Crippen molar-refractivity contribution in [3.05, 3.63) is 52.9 Å². The Bertz CT molecular complexity index is 506. The fourth-order valence-corrected chi connectivity index (χ4v) is 1.70. The van der Waals surface area contributed by atoms with Crippen LogP contribution in [0.25, 0.3) is 0 Å². The van der Waals surface area contributed by atoms with Gasteiger partial charge in [0.2, 0.25) is 5.88 Å². The Balaban J connectivity index is 1.91. The van der Waals surface area contributed by atoms with Crippen molar-refractivity contribution in [2.24, 2.45) is 0 Å². The molecule has 2 aromatic heterocycles. The van der Waals surface area contributed by atoms with Gasteiger partial charge in [-0.3, -0.25) is 4.98 Å². The number of pyridine rings is 2. The zero-order valence-electron chi connectivity index (χ0n) is 9.71. The van der Waals surface area contributed by atoms with Crippen LogP contribution in [0.15, 0.2) is 36.7 Å². The summed E-state index contributed by atoms with van der Waals surface area (Å²) in [5.74, 6) is 0.379. The predicted molar refractivity (Wildman–Crippen MR) is 68.6 cm³/mol. The van der Waals surface area contributed by atoms with Crippen molar-refractivity contribution in [1.82, 2.24) is 9.97 Å². The van der Waals surface area contributed by atoms with E-state index in [9.17, 15) is 0 Å². The van der Waals surface area contributed by atoms with E-state index in [1.807, 2.05) is 18.2 Å². The number of hydrogen-bond acceptors (Lipinski definition) is 4. The van der Waals surface area contributed by atoms with Crippen LogP contribution in [-0.4, -0.2) is 21.7 Å². The van der Waals surface area contributed by atoms with Crippen molar-refractivity contribution < 1.29 is 9.84 Å². The first-order chi connectivity index (χ1) is 8.79. The summed E-state index contributed by atoms with van der Waals surface area (Å²) in [7, 11) is 0. The molecule has 0 aliphatic heterocycles. The average Bonchev–Trinajstić information content (AvgIpc) is 2.42. The molecule has 5 heteroatoms. The van der Waals surface area contributed by atoms with Gasteiger partial charge in [0.1, 0.15) is 5.02 Å². The summed E-state index contributed by atoms with van der Waals surface area (Å²) in [4.78, 5) is 8.24. The summed E-state index contributed by atoms with van der Waals surface area (Å²) in [6.07, 6.45) is 3.99. The molecule has 18 heavy (non-hydrogen) atoms. The zero-order chi connectivity index (χ0) is 12.8. The smallest absolute Gasteiger partial charge is 0.232 e. The number of aliphatic hydroxyl groups is 1. The lowest BCUT2D eigenvalue weighted by molar-refractivity contribution is 0.279. The van der Waals surface area contributed by atoms with Gasteiger partial charge in [0.25, 0.3) is 0 Å². The summed E-state index contributed by atoms with van der Waals surface area (Å²) >= 11 is 5.98. The van der Waals surface area contributed by atoms with Crippen LogP contribution in [0.3, 0.4) is 0 Å². The van der Waals surface area contributed by atoms with E-state index in [4.69, 9.17) is 21.4 Å².